The third kappa shape index (κ3) is 4.34. The lowest BCUT2D eigenvalue weighted by Gasteiger charge is -2.34. The molecule has 3 rings (SSSR count). The summed E-state index contributed by atoms with van der Waals surface area (Å²) in [7, 11) is -3.27. The quantitative estimate of drug-likeness (QED) is 0.835. The topological polar surface area (TPSA) is 111 Å². The second-order valence-electron chi connectivity index (χ2n) is 5.80. The van der Waals surface area contributed by atoms with Crippen molar-refractivity contribution in [3.05, 3.63) is 41.5 Å². The van der Waals surface area contributed by atoms with Crippen molar-refractivity contribution < 1.29 is 12.9 Å². The van der Waals surface area contributed by atoms with E-state index in [1.807, 2.05) is 6.08 Å². The third-order valence-corrected chi connectivity index (χ3v) is 4.37. The van der Waals surface area contributed by atoms with Crippen molar-refractivity contribution in [1.29, 1.82) is 0 Å². The van der Waals surface area contributed by atoms with Crippen LogP contribution in [-0.4, -0.2) is 24.8 Å². The van der Waals surface area contributed by atoms with Gasteiger partial charge in [0.25, 0.3) is 5.89 Å². The number of hydrogen-bond acceptors (Lipinski definition) is 6. The Morgan fingerprint density at radius 2 is 1.92 bits per heavy atom. The van der Waals surface area contributed by atoms with E-state index in [-0.39, 0.29) is 12.4 Å². The molecule has 9 heteroatoms. The average molecular weight is 371 g/mol. The van der Waals surface area contributed by atoms with Crippen molar-refractivity contribution in [2.75, 3.05) is 11.0 Å². The largest absolute Gasteiger partial charge is 0.335 e. The predicted octanol–water partition coefficient (Wildman–Crippen LogP) is 2.37. The Morgan fingerprint density at radius 1 is 1.25 bits per heavy atom. The van der Waals surface area contributed by atoms with Crippen LogP contribution in [0.1, 0.15) is 36.5 Å². The van der Waals surface area contributed by atoms with Gasteiger partial charge in [0.2, 0.25) is 10.0 Å². The summed E-state index contributed by atoms with van der Waals surface area (Å²) in [4.78, 5) is 4.30. The minimum atomic E-state index is -3.27. The van der Waals surface area contributed by atoms with Crippen LogP contribution in [0.15, 0.2) is 28.8 Å². The molecule has 1 aliphatic rings. The summed E-state index contributed by atoms with van der Waals surface area (Å²) in [6.45, 7) is 0. The molecule has 130 valence electrons. The van der Waals surface area contributed by atoms with Crippen LogP contribution in [0.2, 0.25) is 0 Å². The minimum Gasteiger partial charge on any atom is -0.335 e. The maximum atomic E-state index is 11.1. The van der Waals surface area contributed by atoms with E-state index in [1.165, 1.54) is 0 Å². The molecule has 24 heavy (non-hydrogen) atoms. The summed E-state index contributed by atoms with van der Waals surface area (Å²) in [5.41, 5.74) is 7.11. The third-order valence-electron chi connectivity index (χ3n) is 3.77. The van der Waals surface area contributed by atoms with Gasteiger partial charge in [-0.05, 0) is 43.0 Å². The first-order valence-electron chi connectivity index (χ1n) is 7.23. The number of halogens is 1. The van der Waals surface area contributed by atoms with Gasteiger partial charge in [-0.15, -0.1) is 12.4 Å². The molecule has 1 aliphatic carbocycles. The van der Waals surface area contributed by atoms with Gasteiger partial charge in [-0.3, -0.25) is 4.72 Å². The van der Waals surface area contributed by atoms with E-state index in [9.17, 15) is 8.42 Å². The van der Waals surface area contributed by atoms with E-state index in [0.29, 0.717) is 17.4 Å². The SMILES string of the molecule is CS(=O)(=O)Nc1ccc(/C=C/c2nc(C3(N)CCC3)no2)cc1.Cl. The fourth-order valence-electron chi connectivity index (χ4n) is 2.33. The molecule has 0 amide bonds. The summed E-state index contributed by atoms with van der Waals surface area (Å²) in [5.74, 6) is 0.950. The molecule has 0 atom stereocenters. The Kier molecular flexibility index (Phi) is 5.32. The van der Waals surface area contributed by atoms with Crippen LogP contribution in [0.25, 0.3) is 12.2 Å². The van der Waals surface area contributed by atoms with Gasteiger partial charge in [-0.2, -0.15) is 4.98 Å². The molecule has 1 heterocycles. The van der Waals surface area contributed by atoms with Crippen molar-refractivity contribution in [2.24, 2.45) is 5.73 Å². The summed E-state index contributed by atoms with van der Waals surface area (Å²) < 4.78 is 29.9. The van der Waals surface area contributed by atoms with Crippen LogP contribution < -0.4 is 10.5 Å². The molecule has 0 saturated heterocycles. The minimum absolute atomic E-state index is 0. The number of nitrogens with one attached hydrogen (secondary N) is 1. The van der Waals surface area contributed by atoms with Crippen molar-refractivity contribution in [2.45, 2.75) is 24.8 Å². The van der Waals surface area contributed by atoms with E-state index in [4.69, 9.17) is 10.3 Å². The number of anilines is 1. The lowest BCUT2D eigenvalue weighted by molar-refractivity contribution is 0.229. The zero-order chi connectivity index (χ0) is 16.5. The molecule has 0 bridgehead atoms. The highest BCUT2D eigenvalue weighted by atomic mass is 35.5. The predicted molar refractivity (Wildman–Crippen MR) is 95.1 cm³/mol. The maximum absolute atomic E-state index is 11.1. The van der Waals surface area contributed by atoms with Gasteiger partial charge in [0.15, 0.2) is 5.82 Å². The van der Waals surface area contributed by atoms with Crippen molar-refractivity contribution in [3.63, 3.8) is 0 Å². The van der Waals surface area contributed by atoms with Gasteiger partial charge >= 0.3 is 0 Å². The Bertz CT molecular complexity index is 827. The number of nitrogens with two attached hydrogens (primary N) is 1. The zero-order valence-corrected chi connectivity index (χ0v) is 14.7. The Morgan fingerprint density at radius 3 is 2.46 bits per heavy atom. The van der Waals surface area contributed by atoms with Gasteiger partial charge in [0.1, 0.15) is 0 Å². The molecule has 1 saturated carbocycles. The Balaban J connectivity index is 0.00000208. The molecule has 1 aromatic heterocycles. The highest BCUT2D eigenvalue weighted by Gasteiger charge is 2.38. The molecule has 0 unspecified atom stereocenters. The number of sulfonamides is 1. The van der Waals surface area contributed by atoms with Crippen molar-refractivity contribution in [1.82, 2.24) is 10.1 Å². The first-order chi connectivity index (χ1) is 10.8. The molecule has 3 N–H and O–H groups in total. The van der Waals surface area contributed by atoms with E-state index in [0.717, 1.165) is 31.1 Å². The fraction of sp³-hybridized carbons (Fsp3) is 0.333. The summed E-state index contributed by atoms with van der Waals surface area (Å²) in [6, 6.07) is 6.95. The molecule has 0 aliphatic heterocycles. The molecule has 2 aromatic rings. The molecule has 0 spiro atoms. The van der Waals surface area contributed by atoms with Gasteiger partial charge in [0.05, 0.1) is 11.8 Å². The molecular formula is C15H19ClN4O3S. The summed E-state index contributed by atoms with van der Waals surface area (Å²) >= 11 is 0. The molecule has 1 aromatic carbocycles. The van der Waals surface area contributed by atoms with Gasteiger partial charge in [-0.25, -0.2) is 8.42 Å². The van der Waals surface area contributed by atoms with Crippen LogP contribution in [0.5, 0.6) is 0 Å². The van der Waals surface area contributed by atoms with Crippen LogP contribution in [0.3, 0.4) is 0 Å². The smallest absolute Gasteiger partial charge is 0.250 e. The number of hydrogen-bond donors (Lipinski definition) is 2. The average Bonchev–Trinajstić information content (AvgIpc) is 2.91. The van der Waals surface area contributed by atoms with Crippen LogP contribution in [0, 0.1) is 0 Å². The molecule has 7 nitrogen and oxygen atoms in total. The molecule has 0 radical (unpaired) electrons. The summed E-state index contributed by atoms with van der Waals surface area (Å²) in [6.07, 6.45) is 7.47. The Hall–Kier alpha value is -1.90. The molecular weight excluding hydrogens is 352 g/mol. The summed E-state index contributed by atoms with van der Waals surface area (Å²) in [5, 5.41) is 3.94. The number of nitrogens with zero attached hydrogens (tertiary/aromatic N) is 2. The standard InChI is InChI=1S/C15H18N4O3S.ClH/c1-23(20,21)19-12-6-3-11(4-7-12)5-8-13-17-14(18-22-13)15(16)9-2-10-15;/h3-8,19H,2,9-10,16H2,1H3;1H/b8-5+;. The number of aromatic nitrogens is 2. The van der Waals surface area contributed by atoms with E-state index < -0.39 is 15.6 Å². The van der Waals surface area contributed by atoms with E-state index in [2.05, 4.69) is 14.9 Å². The first-order valence-corrected chi connectivity index (χ1v) is 9.12. The number of benzene rings is 1. The van der Waals surface area contributed by atoms with Crippen molar-refractivity contribution in [3.8, 4) is 0 Å². The van der Waals surface area contributed by atoms with Crippen LogP contribution in [0.4, 0.5) is 5.69 Å². The highest BCUT2D eigenvalue weighted by molar-refractivity contribution is 7.92. The fourth-order valence-corrected chi connectivity index (χ4v) is 2.89. The second kappa shape index (κ2) is 6.92. The maximum Gasteiger partial charge on any atom is 0.250 e. The van der Waals surface area contributed by atoms with Gasteiger partial charge in [0, 0.05) is 11.8 Å². The van der Waals surface area contributed by atoms with Crippen molar-refractivity contribution >= 4 is 40.3 Å². The second-order valence-corrected chi connectivity index (χ2v) is 7.54. The van der Waals surface area contributed by atoms with Gasteiger partial charge in [-0.1, -0.05) is 17.3 Å². The lowest BCUT2D eigenvalue weighted by Crippen LogP contribution is -2.44. The van der Waals surface area contributed by atoms with Crippen LogP contribution >= 0.6 is 12.4 Å². The first kappa shape index (κ1) is 18.4. The van der Waals surface area contributed by atoms with Gasteiger partial charge < -0.3 is 10.3 Å². The molecule has 1 fully saturated rings. The lowest BCUT2D eigenvalue weighted by atomic mass is 9.77. The monoisotopic (exact) mass is 370 g/mol. The normalized spacial score (nSPS) is 16.4. The Labute approximate surface area is 146 Å². The van der Waals surface area contributed by atoms with E-state index in [1.54, 1.807) is 30.3 Å². The van der Waals surface area contributed by atoms with Crippen LogP contribution in [-0.2, 0) is 15.6 Å². The zero-order valence-electron chi connectivity index (χ0n) is 13.1. The highest BCUT2D eigenvalue weighted by Crippen LogP contribution is 2.36. The number of rotatable bonds is 5. The van der Waals surface area contributed by atoms with E-state index >= 15 is 0 Å².